The first kappa shape index (κ1) is 13.9. The summed E-state index contributed by atoms with van der Waals surface area (Å²) in [6, 6.07) is 0. The number of carbonyl (C=O) groups excluding carboxylic acids is 1. The van der Waals surface area contributed by atoms with Crippen LogP contribution in [0, 0.1) is 0 Å². The minimum absolute atomic E-state index is 0.0715. The van der Waals surface area contributed by atoms with Gasteiger partial charge in [0.25, 0.3) is 5.91 Å². The summed E-state index contributed by atoms with van der Waals surface area (Å²) in [6.45, 7) is 6.71. The van der Waals surface area contributed by atoms with Gasteiger partial charge in [0.05, 0.1) is 6.20 Å². The van der Waals surface area contributed by atoms with Gasteiger partial charge < -0.3 is 14.7 Å². The number of aromatic nitrogens is 3. The van der Waals surface area contributed by atoms with Crippen LogP contribution in [-0.4, -0.2) is 20.4 Å². The Balaban J connectivity index is 1.87. The summed E-state index contributed by atoms with van der Waals surface area (Å²) in [5, 5.41) is 0. The van der Waals surface area contributed by atoms with E-state index in [4.69, 9.17) is 10.2 Å². The van der Waals surface area contributed by atoms with Crippen LogP contribution in [0.25, 0.3) is 0 Å². The molecule has 2 aromatic heterocycles. The Hall–Kier alpha value is -2.11. The molecule has 112 valence electrons. The minimum Gasteiger partial charge on any atom is -0.443 e. The van der Waals surface area contributed by atoms with Gasteiger partial charge in [-0.2, -0.15) is 0 Å². The largest absolute Gasteiger partial charge is 0.443 e. The molecule has 6 nitrogen and oxygen atoms in total. The Morgan fingerprint density at radius 1 is 1.48 bits per heavy atom. The molecule has 0 saturated heterocycles. The van der Waals surface area contributed by atoms with Crippen molar-refractivity contribution in [1.29, 1.82) is 0 Å². The fourth-order valence-corrected chi connectivity index (χ4v) is 2.22. The molecule has 3 rings (SSSR count). The molecule has 2 heterocycles. The van der Waals surface area contributed by atoms with Crippen molar-refractivity contribution in [1.82, 2.24) is 14.5 Å². The summed E-state index contributed by atoms with van der Waals surface area (Å²) < 4.78 is 7.73. The molecule has 1 aliphatic rings. The third kappa shape index (κ3) is 2.84. The lowest BCUT2D eigenvalue weighted by Crippen LogP contribution is -2.11. The van der Waals surface area contributed by atoms with Crippen molar-refractivity contribution in [3.05, 3.63) is 35.6 Å². The molecule has 0 bridgehead atoms. The summed E-state index contributed by atoms with van der Waals surface area (Å²) in [5.41, 5.74) is 5.55. The zero-order valence-electron chi connectivity index (χ0n) is 12.6. The number of amides is 1. The maximum atomic E-state index is 11.3. The molecule has 2 N–H and O–H groups in total. The topological polar surface area (TPSA) is 86.9 Å². The summed E-state index contributed by atoms with van der Waals surface area (Å²) in [5.74, 6) is 2.30. The van der Waals surface area contributed by atoms with E-state index in [1.54, 1.807) is 12.4 Å². The van der Waals surface area contributed by atoms with Gasteiger partial charge in [0.1, 0.15) is 23.8 Å². The van der Waals surface area contributed by atoms with Crippen molar-refractivity contribution in [2.45, 2.75) is 51.5 Å². The zero-order chi connectivity index (χ0) is 15.2. The van der Waals surface area contributed by atoms with E-state index in [0.717, 1.165) is 24.4 Å². The Labute approximate surface area is 123 Å². The Morgan fingerprint density at radius 2 is 2.19 bits per heavy atom. The lowest BCUT2D eigenvalue weighted by atomic mass is 9.94. The van der Waals surface area contributed by atoms with Crippen molar-refractivity contribution >= 4 is 5.91 Å². The van der Waals surface area contributed by atoms with Crippen molar-refractivity contribution < 1.29 is 9.21 Å². The number of nitrogens with two attached hydrogens (primary N) is 1. The van der Waals surface area contributed by atoms with Crippen molar-refractivity contribution in [2.75, 3.05) is 0 Å². The Kier molecular flexibility index (Phi) is 3.11. The van der Waals surface area contributed by atoms with Gasteiger partial charge in [0.15, 0.2) is 0 Å². The predicted octanol–water partition coefficient (Wildman–Crippen LogP) is 2.19. The standard InChI is InChI=1S/C15H20N4O2/c1-15(2,3)11-6-17-12(21-11)8-19-7-10(13(16)20)18-14(19)9-4-5-9/h6-7,9H,4-5,8H2,1-3H3,(H2,16,20). The number of nitrogens with zero attached hydrogens (tertiary/aromatic N) is 3. The lowest BCUT2D eigenvalue weighted by molar-refractivity contribution is 0.0996. The molecular formula is C15H20N4O2. The maximum absolute atomic E-state index is 11.3. The van der Waals surface area contributed by atoms with Gasteiger partial charge in [0, 0.05) is 17.5 Å². The number of oxazole rings is 1. The van der Waals surface area contributed by atoms with E-state index in [0.29, 0.717) is 24.0 Å². The molecule has 0 radical (unpaired) electrons. The normalized spacial score (nSPS) is 15.4. The molecule has 1 amide bonds. The fraction of sp³-hybridized carbons (Fsp3) is 0.533. The summed E-state index contributed by atoms with van der Waals surface area (Å²) >= 11 is 0. The van der Waals surface area contributed by atoms with Gasteiger partial charge in [-0.05, 0) is 12.8 Å². The molecule has 0 spiro atoms. The van der Waals surface area contributed by atoms with Crippen LogP contribution in [0.4, 0.5) is 0 Å². The highest BCUT2D eigenvalue weighted by atomic mass is 16.4. The third-order valence-corrected chi connectivity index (χ3v) is 3.60. The summed E-state index contributed by atoms with van der Waals surface area (Å²) in [6.07, 6.45) is 5.66. The second-order valence-electron chi connectivity index (χ2n) is 6.62. The molecule has 2 aromatic rings. The fourth-order valence-electron chi connectivity index (χ4n) is 2.22. The van der Waals surface area contributed by atoms with Crippen LogP contribution in [0.5, 0.6) is 0 Å². The van der Waals surface area contributed by atoms with Crippen LogP contribution in [0.1, 0.15) is 67.5 Å². The average molecular weight is 288 g/mol. The van der Waals surface area contributed by atoms with Gasteiger partial charge in [-0.15, -0.1) is 0 Å². The van der Waals surface area contributed by atoms with E-state index in [-0.39, 0.29) is 5.41 Å². The van der Waals surface area contributed by atoms with E-state index in [2.05, 4.69) is 30.7 Å². The van der Waals surface area contributed by atoms with Gasteiger partial charge in [-0.25, -0.2) is 9.97 Å². The summed E-state index contributed by atoms with van der Waals surface area (Å²) in [7, 11) is 0. The number of rotatable bonds is 4. The monoisotopic (exact) mass is 288 g/mol. The smallest absolute Gasteiger partial charge is 0.268 e. The molecular weight excluding hydrogens is 268 g/mol. The van der Waals surface area contributed by atoms with Crippen LogP contribution < -0.4 is 5.73 Å². The molecule has 0 aliphatic heterocycles. The van der Waals surface area contributed by atoms with Crippen LogP contribution in [0.3, 0.4) is 0 Å². The van der Waals surface area contributed by atoms with E-state index >= 15 is 0 Å². The number of hydrogen-bond donors (Lipinski definition) is 1. The van der Waals surface area contributed by atoms with E-state index < -0.39 is 5.91 Å². The minimum atomic E-state index is -0.501. The lowest BCUT2D eigenvalue weighted by Gasteiger charge is -2.13. The van der Waals surface area contributed by atoms with Crippen molar-refractivity contribution in [3.63, 3.8) is 0 Å². The van der Waals surface area contributed by atoms with Gasteiger partial charge in [0.2, 0.25) is 5.89 Å². The molecule has 1 aliphatic carbocycles. The van der Waals surface area contributed by atoms with E-state index in [1.165, 1.54) is 0 Å². The average Bonchev–Trinajstić information content (AvgIpc) is 2.96. The van der Waals surface area contributed by atoms with Crippen LogP contribution >= 0.6 is 0 Å². The first-order valence-corrected chi connectivity index (χ1v) is 7.16. The molecule has 1 saturated carbocycles. The summed E-state index contributed by atoms with van der Waals surface area (Å²) in [4.78, 5) is 20.0. The first-order chi connectivity index (χ1) is 9.84. The second kappa shape index (κ2) is 4.72. The quantitative estimate of drug-likeness (QED) is 0.934. The number of primary amides is 1. The Bertz CT molecular complexity index is 674. The molecule has 0 atom stereocenters. The van der Waals surface area contributed by atoms with Gasteiger partial charge >= 0.3 is 0 Å². The Morgan fingerprint density at radius 3 is 2.71 bits per heavy atom. The highest BCUT2D eigenvalue weighted by Crippen LogP contribution is 2.39. The van der Waals surface area contributed by atoms with E-state index in [9.17, 15) is 4.79 Å². The third-order valence-electron chi connectivity index (χ3n) is 3.60. The number of imidazole rings is 1. The van der Waals surface area contributed by atoms with Gasteiger partial charge in [-0.3, -0.25) is 4.79 Å². The van der Waals surface area contributed by atoms with Gasteiger partial charge in [-0.1, -0.05) is 20.8 Å². The highest BCUT2D eigenvalue weighted by molar-refractivity contribution is 5.90. The number of hydrogen-bond acceptors (Lipinski definition) is 4. The molecule has 6 heteroatoms. The molecule has 1 fully saturated rings. The molecule has 0 aromatic carbocycles. The van der Waals surface area contributed by atoms with Crippen LogP contribution in [-0.2, 0) is 12.0 Å². The second-order valence-corrected chi connectivity index (χ2v) is 6.62. The molecule has 21 heavy (non-hydrogen) atoms. The van der Waals surface area contributed by atoms with Crippen molar-refractivity contribution in [3.8, 4) is 0 Å². The van der Waals surface area contributed by atoms with Crippen molar-refractivity contribution in [2.24, 2.45) is 5.73 Å². The predicted molar refractivity (Wildman–Crippen MR) is 77.0 cm³/mol. The highest BCUT2D eigenvalue weighted by Gasteiger charge is 2.30. The molecule has 0 unspecified atom stereocenters. The number of carbonyl (C=O) groups is 1. The zero-order valence-corrected chi connectivity index (χ0v) is 12.6. The van der Waals surface area contributed by atoms with E-state index in [1.807, 2.05) is 4.57 Å². The SMILES string of the molecule is CC(C)(C)c1cnc(Cn2cc(C(N)=O)nc2C2CC2)o1. The first-order valence-electron chi connectivity index (χ1n) is 7.16. The van der Waals surface area contributed by atoms with Crippen LogP contribution in [0.2, 0.25) is 0 Å². The van der Waals surface area contributed by atoms with Crippen LogP contribution in [0.15, 0.2) is 16.8 Å². The maximum Gasteiger partial charge on any atom is 0.268 e.